The van der Waals surface area contributed by atoms with E-state index in [1.807, 2.05) is 91.0 Å². The predicted octanol–water partition coefficient (Wildman–Crippen LogP) is 7.99. The molecule has 3 amide bonds. The number of carbonyl (C=O) groups is 5. The highest BCUT2D eigenvalue weighted by Crippen LogP contribution is 2.37. The number of ether oxygens (including phenoxy) is 2. The highest BCUT2D eigenvalue weighted by molar-refractivity contribution is 5.92. The van der Waals surface area contributed by atoms with E-state index in [2.05, 4.69) is 16.0 Å². The lowest BCUT2D eigenvalue weighted by atomic mass is 9.77. The number of hydrogen-bond acceptors (Lipinski definition) is 7. The first-order chi connectivity index (χ1) is 28.1. The Hall–Kier alpha value is -6.10. The van der Waals surface area contributed by atoms with Crippen LogP contribution in [-0.2, 0) is 40.6 Å². The Morgan fingerprint density at radius 2 is 1.27 bits per heavy atom. The number of alkyl carbamates (subject to hydrolysis) is 1. The average molecular weight is 806 g/mol. The Balaban J connectivity index is 1.63. The maximum Gasteiger partial charge on any atom is 0.408 e. The summed E-state index contributed by atoms with van der Waals surface area (Å²) >= 11 is 0. The third-order valence-electron chi connectivity index (χ3n) is 9.61. The zero-order chi connectivity index (χ0) is 43.0. The average Bonchev–Trinajstić information content (AvgIpc) is 3.20. The lowest BCUT2D eigenvalue weighted by Crippen LogP contribution is -2.49. The summed E-state index contributed by atoms with van der Waals surface area (Å²) in [4.78, 5) is 67.5. The second-order valence-electron chi connectivity index (χ2n) is 15.7. The van der Waals surface area contributed by atoms with Crippen molar-refractivity contribution in [2.75, 3.05) is 6.61 Å². The zero-order valence-electron chi connectivity index (χ0n) is 34.7. The highest BCUT2D eigenvalue weighted by Gasteiger charge is 2.38. The smallest absolute Gasteiger partial charge is 0.408 e. The number of nitrogens with one attached hydrogen (secondary N) is 3. The van der Waals surface area contributed by atoms with Crippen molar-refractivity contribution >= 4 is 29.7 Å². The summed E-state index contributed by atoms with van der Waals surface area (Å²) < 4.78 is 24.4. The number of halogens is 1. The minimum absolute atomic E-state index is 0.0663. The second-order valence-corrected chi connectivity index (χ2v) is 15.7. The van der Waals surface area contributed by atoms with Gasteiger partial charge in [-0.1, -0.05) is 123 Å². The van der Waals surface area contributed by atoms with Crippen LogP contribution in [0.3, 0.4) is 0 Å². The van der Waals surface area contributed by atoms with Crippen molar-refractivity contribution in [2.24, 2.45) is 11.8 Å². The van der Waals surface area contributed by atoms with E-state index < -0.39 is 58.7 Å². The largest absolute Gasteiger partial charge is 0.463 e. The van der Waals surface area contributed by atoms with E-state index in [1.165, 1.54) is 24.3 Å². The van der Waals surface area contributed by atoms with Gasteiger partial charge in [0.1, 0.15) is 17.0 Å². The molecule has 4 rings (SSSR count). The van der Waals surface area contributed by atoms with E-state index in [-0.39, 0.29) is 44.1 Å². The minimum Gasteiger partial charge on any atom is -0.463 e. The van der Waals surface area contributed by atoms with Crippen LogP contribution in [0.1, 0.15) is 83.1 Å². The molecule has 0 fully saturated rings. The molecule has 3 N–H and O–H groups in total. The molecule has 0 saturated heterocycles. The first-order valence-corrected chi connectivity index (χ1v) is 20.0. The lowest BCUT2D eigenvalue weighted by Gasteiger charge is -2.37. The van der Waals surface area contributed by atoms with Crippen molar-refractivity contribution in [1.29, 1.82) is 0 Å². The van der Waals surface area contributed by atoms with Gasteiger partial charge in [0.05, 0.1) is 12.6 Å². The van der Waals surface area contributed by atoms with E-state index in [1.54, 1.807) is 53.7 Å². The number of rotatable bonds is 19. The molecular formula is C48H56FN3O7. The van der Waals surface area contributed by atoms with Crippen molar-refractivity contribution in [3.8, 4) is 0 Å². The number of amides is 3. The van der Waals surface area contributed by atoms with Crippen LogP contribution in [0.5, 0.6) is 0 Å². The lowest BCUT2D eigenvalue weighted by molar-refractivity contribution is -0.137. The number of esters is 1. The Morgan fingerprint density at radius 3 is 1.75 bits per heavy atom. The molecule has 0 aromatic heterocycles. The van der Waals surface area contributed by atoms with Gasteiger partial charge >= 0.3 is 12.1 Å². The number of hydrogen-bond donors (Lipinski definition) is 3. The maximum absolute atomic E-state index is 14.3. The molecule has 0 unspecified atom stereocenters. The Labute approximate surface area is 347 Å². The van der Waals surface area contributed by atoms with Crippen LogP contribution in [0.25, 0.3) is 0 Å². The number of carbonyl (C=O) groups excluding carboxylic acids is 5. The molecule has 3 atom stereocenters. The van der Waals surface area contributed by atoms with Crippen molar-refractivity contribution < 1.29 is 37.8 Å². The van der Waals surface area contributed by atoms with Gasteiger partial charge in [0.15, 0.2) is 5.78 Å². The second kappa shape index (κ2) is 21.6. The van der Waals surface area contributed by atoms with Gasteiger partial charge in [-0.25, -0.2) is 14.0 Å². The Kier molecular flexibility index (Phi) is 16.7. The van der Waals surface area contributed by atoms with E-state index in [0.29, 0.717) is 5.56 Å². The van der Waals surface area contributed by atoms with Gasteiger partial charge in [-0.15, -0.1) is 0 Å². The molecule has 0 aliphatic heterocycles. The fourth-order valence-corrected chi connectivity index (χ4v) is 6.83. The third-order valence-corrected chi connectivity index (χ3v) is 9.61. The predicted molar refractivity (Wildman–Crippen MR) is 226 cm³/mol. The summed E-state index contributed by atoms with van der Waals surface area (Å²) in [7, 11) is 0. The first-order valence-electron chi connectivity index (χ1n) is 20.0. The molecule has 4 aromatic rings. The van der Waals surface area contributed by atoms with Crippen molar-refractivity contribution in [1.82, 2.24) is 16.0 Å². The topological polar surface area (TPSA) is 140 Å². The van der Waals surface area contributed by atoms with E-state index in [9.17, 15) is 28.4 Å². The molecule has 0 spiro atoms. The normalized spacial score (nSPS) is 13.2. The molecule has 0 aliphatic carbocycles. The maximum atomic E-state index is 14.3. The Morgan fingerprint density at radius 1 is 0.746 bits per heavy atom. The summed E-state index contributed by atoms with van der Waals surface area (Å²) in [5, 5.41) is 8.94. The quantitative estimate of drug-likeness (QED) is 0.0496. The van der Waals surface area contributed by atoms with Crippen LogP contribution in [-0.4, -0.2) is 54.0 Å². The molecule has 10 nitrogen and oxygen atoms in total. The number of benzene rings is 4. The van der Waals surface area contributed by atoms with Crippen LogP contribution < -0.4 is 16.0 Å². The summed E-state index contributed by atoms with van der Waals surface area (Å²) in [5.41, 5.74) is 1.26. The molecule has 0 heterocycles. The molecule has 59 heavy (non-hydrogen) atoms. The molecule has 0 saturated carbocycles. The minimum atomic E-state index is -1.07. The van der Waals surface area contributed by atoms with Crippen LogP contribution in [0.2, 0.25) is 0 Å². The first kappa shape index (κ1) is 45.6. The van der Waals surface area contributed by atoms with Gasteiger partial charge in [0, 0.05) is 30.9 Å². The molecule has 4 aromatic carbocycles. The van der Waals surface area contributed by atoms with E-state index in [4.69, 9.17) is 9.47 Å². The standard InChI is InChI=1S/C48H56FN3O7/c1-7-58-43(55)30-28-40(27-29-42(54)52-48(36-17-11-8-12-18-36,37-19-13-9-14-20-37)38-21-15-10-16-22-38)50-45(56)35(31-34-23-25-39(49)26-24-34)32-41(53)44(33(2)3)51-46(57)59-47(4,5)6/h8-26,28,30,33,35,40,44H,7,27,29,31-32H2,1-6H3,(H,50,56)(H,51,57)(H,52,54)/b30-28+/t35-,40-,44-/m0/s1. The van der Waals surface area contributed by atoms with Crippen molar-refractivity contribution in [2.45, 2.75) is 90.4 Å². The number of Topliss-reactive ketones (excluding diaryl/α,β-unsaturated/α-hetero) is 1. The summed E-state index contributed by atoms with van der Waals surface area (Å²) in [5.74, 6) is -3.64. The monoisotopic (exact) mass is 805 g/mol. The number of ketones is 1. The van der Waals surface area contributed by atoms with Crippen LogP contribution in [0.15, 0.2) is 127 Å². The summed E-state index contributed by atoms with van der Waals surface area (Å²) in [6.45, 7) is 10.5. The Bertz CT molecular complexity index is 1920. The molecule has 11 heteroatoms. The fraction of sp³-hybridized carbons (Fsp3) is 0.354. The molecule has 0 radical (unpaired) electrons. The van der Waals surface area contributed by atoms with Crippen LogP contribution >= 0.6 is 0 Å². The van der Waals surface area contributed by atoms with E-state index >= 15 is 0 Å². The van der Waals surface area contributed by atoms with Crippen molar-refractivity contribution in [3.05, 3.63) is 155 Å². The highest BCUT2D eigenvalue weighted by atomic mass is 19.1. The van der Waals surface area contributed by atoms with Gasteiger partial charge in [-0.3, -0.25) is 14.4 Å². The summed E-state index contributed by atoms with van der Waals surface area (Å²) in [6, 6.07) is 32.8. The molecular weight excluding hydrogens is 750 g/mol. The van der Waals surface area contributed by atoms with Gasteiger partial charge in [0.2, 0.25) is 11.8 Å². The SMILES string of the molecule is CCOC(=O)/C=C/[C@H](CCC(=O)NC(c1ccccc1)(c1ccccc1)c1ccccc1)NC(=O)[C@H](CC(=O)[C@@H](NC(=O)OC(C)(C)C)C(C)C)Cc1ccc(F)cc1. The van der Waals surface area contributed by atoms with Gasteiger partial charge < -0.3 is 25.4 Å². The van der Waals surface area contributed by atoms with Crippen LogP contribution in [0, 0.1) is 17.7 Å². The van der Waals surface area contributed by atoms with Crippen LogP contribution in [0.4, 0.5) is 9.18 Å². The molecule has 0 aliphatic rings. The van der Waals surface area contributed by atoms with Gasteiger partial charge in [0.25, 0.3) is 0 Å². The van der Waals surface area contributed by atoms with Gasteiger partial charge in [-0.05, 0) is 80.8 Å². The summed E-state index contributed by atoms with van der Waals surface area (Å²) in [6.07, 6.45) is 1.72. The van der Waals surface area contributed by atoms with E-state index in [0.717, 1.165) is 16.7 Å². The molecule has 0 bridgehead atoms. The molecule has 312 valence electrons. The third kappa shape index (κ3) is 13.8. The van der Waals surface area contributed by atoms with Gasteiger partial charge in [-0.2, -0.15) is 0 Å². The zero-order valence-corrected chi connectivity index (χ0v) is 34.7. The fourth-order valence-electron chi connectivity index (χ4n) is 6.83. The van der Waals surface area contributed by atoms with Crippen molar-refractivity contribution in [3.63, 3.8) is 0 Å².